The summed E-state index contributed by atoms with van der Waals surface area (Å²) in [6, 6.07) is 7.67. The summed E-state index contributed by atoms with van der Waals surface area (Å²) in [5.41, 5.74) is 4.53. The summed E-state index contributed by atoms with van der Waals surface area (Å²) >= 11 is 0. The van der Waals surface area contributed by atoms with Crippen LogP contribution in [0.5, 0.6) is 0 Å². The zero-order chi connectivity index (χ0) is 27.1. The molecule has 2 heterocycles. The molecule has 37 heavy (non-hydrogen) atoms. The highest BCUT2D eigenvalue weighted by Gasteiger charge is 2.41. The van der Waals surface area contributed by atoms with Crippen molar-refractivity contribution in [1.82, 2.24) is 0 Å². The van der Waals surface area contributed by atoms with Crippen LogP contribution in [0.25, 0.3) is 0 Å². The van der Waals surface area contributed by atoms with Crippen molar-refractivity contribution in [1.29, 1.82) is 0 Å². The van der Waals surface area contributed by atoms with Crippen LogP contribution >= 0.6 is 0 Å². The van der Waals surface area contributed by atoms with Crippen LogP contribution in [0.2, 0.25) is 0 Å². The molecule has 2 unspecified atom stereocenters. The average molecular weight is 526 g/mol. The van der Waals surface area contributed by atoms with Crippen LogP contribution in [0.15, 0.2) is 54.0 Å². The van der Waals surface area contributed by atoms with Gasteiger partial charge in [0.1, 0.15) is 5.69 Å². The second kappa shape index (κ2) is 9.99. The lowest BCUT2D eigenvalue weighted by Crippen LogP contribution is -3.11. The van der Waals surface area contributed by atoms with Gasteiger partial charge in [-0.2, -0.15) is 26.3 Å². The smallest absolute Gasteiger partial charge is 0.320 e. The Morgan fingerprint density at radius 1 is 0.784 bits per heavy atom. The molecule has 0 aliphatic carbocycles. The summed E-state index contributed by atoms with van der Waals surface area (Å²) in [6.07, 6.45) is -6.60. The van der Waals surface area contributed by atoms with Crippen molar-refractivity contribution < 1.29 is 31.2 Å². The van der Waals surface area contributed by atoms with Crippen LogP contribution in [0.1, 0.15) is 45.2 Å². The van der Waals surface area contributed by atoms with E-state index in [1.54, 1.807) is 6.07 Å². The zero-order valence-electron chi connectivity index (χ0n) is 21.3. The Labute approximate surface area is 213 Å². The van der Waals surface area contributed by atoms with E-state index >= 15 is 0 Å². The minimum absolute atomic E-state index is 0.118. The maximum Gasteiger partial charge on any atom is 0.416 e. The molecular formula is C27H31F6N4+. The highest BCUT2D eigenvalue weighted by atomic mass is 19.4. The van der Waals surface area contributed by atoms with Gasteiger partial charge in [0.05, 0.1) is 29.0 Å². The molecule has 2 aliphatic heterocycles. The number of nitrogens with one attached hydrogen (secondary N) is 1. The van der Waals surface area contributed by atoms with E-state index in [1.807, 2.05) is 48.5 Å². The molecule has 0 amide bonds. The molecule has 0 saturated carbocycles. The normalized spacial score (nSPS) is 19.3. The summed E-state index contributed by atoms with van der Waals surface area (Å²) < 4.78 is 80.2. The molecule has 0 aromatic heterocycles. The number of fused-ring (bicyclic) bond motifs is 2. The van der Waals surface area contributed by atoms with Crippen molar-refractivity contribution in [2.24, 2.45) is 0 Å². The maximum absolute atomic E-state index is 13.4. The molecule has 0 saturated heterocycles. The lowest BCUT2D eigenvalue weighted by molar-refractivity contribution is -0.851. The second-order valence-electron chi connectivity index (χ2n) is 9.01. The van der Waals surface area contributed by atoms with E-state index in [0.717, 1.165) is 22.7 Å². The SMILES string of the molecule is CCN1C(=C=CCC2N(CC)c3cc(C(F)(F)F)ccc3[NH+]2CC)N(CC)c2cc(C(F)(F)F)ccc21. The average Bonchev–Trinajstić information content (AvgIpc) is 3.32. The van der Waals surface area contributed by atoms with E-state index < -0.39 is 23.5 Å². The molecule has 4 nitrogen and oxygen atoms in total. The predicted molar refractivity (Wildman–Crippen MR) is 133 cm³/mol. The molecule has 2 atom stereocenters. The molecule has 1 N–H and O–H groups in total. The molecular weight excluding hydrogens is 494 g/mol. The number of halogens is 6. The van der Waals surface area contributed by atoms with Gasteiger partial charge in [0.25, 0.3) is 0 Å². The van der Waals surface area contributed by atoms with Crippen LogP contribution in [0.3, 0.4) is 0 Å². The van der Waals surface area contributed by atoms with Crippen molar-refractivity contribution in [3.05, 3.63) is 65.2 Å². The first-order valence-electron chi connectivity index (χ1n) is 12.5. The van der Waals surface area contributed by atoms with Crippen molar-refractivity contribution in [2.75, 3.05) is 40.9 Å². The zero-order valence-corrected chi connectivity index (χ0v) is 21.3. The van der Waals surface area contributed by atoms with Gasteiger partial charge in [-0.15, -0.1) is 0 Å². The van der Waals surface area contributed by atoms with Crippen molar-refractivity contribution >= 4 is 22.7 Å². The largest absolute Gasteiger partial charge is 0.416 e. The number of alkyl halides is 6. The van der Waals surface area contributed by atoms with Crippen LogP contribution in [0.4, 0.5) is 49.1 Å². The van der Waals surface area contributed by atoms with Crippen LogP contribution < -0.4 is 19.6 Å². The second-order valence-corrected chi connectivity index (χ2v) is 9.01. The summed E-state index contributed by atoms with van der Waals surface area (Å²) in [5, 5.41) is 0. The number of hydrogen-bond acceptors (Lipinski definition) is 3. The molecule has 0 bridgehead atoms. The van der Waals surface area contributed by atoms with E-state index in [0.29, 0.717) is 55.5 Å². The first-order chi connectivity index (χ1) is 17.5. The molecule has 4 rings (SSSR count). The minimum atomic E-state index is -4.44. The van der Waals surface area contributed by atoms with Gasteiger partial charge in [0, 0.05) is 32.1 Å². The number of nitrogens with zero attached hydrogens (tertiary/aromatic N) is 3. The van der Waals surface area contributed by atoms with E-state index in [-0.39, 0.29) is 6.17 Å². The van der Waals surface area contributed by atoms with Gasteiger partial charge in [0.2, 0.25) is 0 Å². The van der Waals surface area contributed by atoms with Crippen molar-refractivity contribution in [3.63, 3.8) is 0 Å². The standard InChI is InChI=1S/C27H30F6N4/c1-5-34-20-14-12-18(26(28,29)30)16-22(20)36(7-3)24(34)10-9-11-25-35(6-2)21-15-13-19(27(31,32)33)17-23(21)37(25)8-4/h9,12-17,24H,5-8,10H2,1-4H3/p+1. The third-order valence-electron chi connectivity index (χ3n) is 7.08. The molecule has 2 aromatic carbocycles. The van der Waals surface area contributed by atoms with Gasteiger partial charge >= 0.3 is 12.4 Å². The summed E-state index contributed by atoms with van der Waals surface area (Å²) in [4.78, 5) is 6.79. The third kappa shape index (κ3) is 4.80. The Hall–Kier alpha value is -3.10. The van der Waals surface area contributed by atoms with Gasteiger partial charge in [-0.25, -0.2) is 0 Å². The molecule has 200 valence electrons. The number of rotatable bonds is 6. The van der Waals surface area contributed by atoms with Crippen molar-refractivity contribution in [2.45, 2.75) is 52.6 Å². The molecule has 0 fully saturated rings. The Morgan fingerprint density at radius 2 is 1.35 bits per heavy atom. The maximum atomic E-state index is 13.4. The first-order valence-corrected chi connectivity index (χ1v) is 12.5. The van der Waals surface area contributed by atoms with E-state index in [9.17, 15) is 26.3 Å². The van der Waals surface area contributed by atoms with Crippen molar-refractivity contribution in [3.8, 4) is 0 Å². The van der Waals surface area contributed by atoms with E-state index in [2.05, 4.69) is 5.73 Å². The molecule has 10 heteroatoms. The fourth-order valence-electron chi connectivity index (χ4n) is 5.41. The molecule has 2 aromatic rings. The third-order valence-corrected chi connectivity index (χ3v) is 7.08. The number of quaternary nitrogens is 1. The monoisotopic (exact) mass is 525 g/mol. The van der Waals surface area contributed by atoms with E-state index in [1.165, 1.54) is 18.2 Å². The Balaban J connectivity index is 1.68. The van der Waals surface area contributed by atoms with E-state index in [4.69, 9.17) is 0 Å². The lowest BCUT2D eigenvalue weighted by Gasteiger charge is -2.26. The highest BCUT2D eigenvalue weighted by molar-refractivity contribution is 5.83. The summed E-state index contributed by atoms with van der Waals surface area (Å²) in [6.45, 7) is 9.96. The first kappa shape index (κ1) is 26.9. The molecule has 0 radical (unpaired) electrons. The quantitative estimate of drug-likeness (QED) is 0.358. The van der Waals surface area contributed by atoms with Gasteiger partial charge in [-0.3, -0.25) is 4.90 Å². The minimum Gasteiger partial charge on any atom is -0.320 e. The fraction of sp³-hybridized carbons (Fsp3) is 0.444. The predicted octanol–water partition coefficient (Wildman–Crippen LogP) is 6.18. The van der Waals surface area contributed by atoms with Gasteiger partial charge < -0.3 is 14.7 Å². The number of anilines is 3. The molecule has 2 aliphatic rings. The van der Waals surface area contributed by atoms with Crippen LogP contribution in [-0.4, -0.2) is 32.3 Å². The summed E-state index contributed by atoms with van der Waals surface area (Å²) in [5.74, 6) is 0.662. The lowest BCUT2D eigenvalue weighted by atomic mass is 10.1. The number of benzene rings is 2. The number of hydrogen-bond donors (Lipinski definition) is 1. The van der Waals surface area contributed by atoms with Crippen LogP contribution in [0, 0.1) is 0 Å². The van der Waals surface area contributed by atoms with Gasteiger partial charge in [-0.05, 0) is 64.1 Å². The fourth-order valence-corrected chi connectivity index (χ4v) is 5.41. The Kier molecular flexibility index (Phi) is 7.27. The Morgan fingerprint density at radius 3 is 1.89 bits per heavy atom. The van der Waals surface area contributed by atoms with Gasteiger partial charge in [0.15, 0.2) is 17.7 Å². The van der Waals surface area contributed by atoms with Crippen LogP contribution in [-0.2, 0) is 12.4 Å². The van der Waals surface area contributed by atoms with Gasteiger partial charge in [-0.1, -0.05) is 5.73 Å². The topological polar surface area (TPSA) is 14.2 Å². The summed E-state index contributed by atoms with van der Waals surface area (Å²) in [7, 11) is 0. The Bertz CT molecular complexity index is 1210. The highest BCUT2D eigenvalue weighted by Crippen LogP contribution is 2.44. The molecule has 0 spiro atoms.